The first-order chi connectivity index (χ1) is 7.65. The molecule has 0 spiro atoms. The van der Waals surface area contributed by atoms with Crippen molar-refractivity contribution in [1.29, 1.82) is 0 Å². The van der Waals surface area contributed by atoms with Crippen molar-refractivity contribution in [2.45, 2.75) is 37.7 Å². The van der Waals surface area contributed by atoms with Crippen molar-refractivity contribution < 1.29 is 15.0 Å². The van der Waals surface area contributed by atoms with Crippen LogP contribution in [0.4, 0.5) is 0 Å². The number of carboxylic acid groups (broad SMARTS) is 1. The maximum Gasteiger partial charge on any atom is 0.340 e. The number of thiophene rings is 1. The number of aliphatic carboxylic acids is 1. The Morgan fingerprint density at radius 3 is 2.56 bits per heavy atom. The summed E-state index contributed by atoms with van der Waals surface area (Å²) >= 11 is 1.42. The smallest absolute Gasteiger partial charge is 0.340 e. The summed E-state index contributed by atoms with van der Waals surface area (Å²) in [6.07, 6.45) is 4.79. The van der Waals surface area contributed by atoms with Gasteiger partial charge in [-0.05, 0) is 29.7 Å². The molecule has 0 bridgehead atoms. The number of carboxylic acids is 1. The third kappa shape index (κ3) is 1.87. The van der Waals surface area contributed by atoms with Crippen molar-refractivity contribution in [3.63, 3.8) is 0 Å². The zero-order valence-corrected chi connectivity index (χ0v) is 9.87. The molecule has 1 atom stereocenters. The SMILES string of the molecule is O=C(O)[C@@](O)(c1ccsc1)C1CCCCC1. The summed E-state index contributed by atoms with van der Waals surface area (Å²) in [5, 5.41) is 23.3. The molecular weight excluding hydrogens is 224 g/mol. The monoisotopic (exact) mass is 240 g/mol. The highest BCUT2D eigenvalue weighted by atomic mass is 32.1. The lowest BCUT2D eigenvalue weighted by molar-refractivity contribution is -0.168. The molecule has 0 amide bonds. The second-order valence-electron chi connectivity index (χ2n) is 4.42. The fourth-order valence-corrected chi connectivity index (χ4v) is 3.24. The molecule has 1 aromatic rings. The Bertz CT molecular complexity index is 354. The van der Waals surface area contributed by atoms with Crippen LogP contribution in [0.15, 0.2) is 16.8 Å². The Hall–Kier alpha value is -0.870. The van der Waals surface area contributed by atoms with Gasteiger partial charge in [0.1, 0.15) is 0 Å². The van der Waals surface area contributed by atoms with Crippen LogP contribution in [-0.2, 0) is 10.4 Å². The van der Waals surface area contributed by atoms with E-state index >= 15 is 0 Å². The second kappa shape index (κ2) is 4.55. The van der Waals surface area contributed by atoms with E-state index in [2.05, 4.69) is 0 Å². The molecule has 2 rings (SSSR count). The first kappa shape index (κ1) is 11.6. The Kier molecular flexibility index (Phi) is 3.30. The average molecular weight is 240 g/mol. The molecule has 0 unspecified atom stereocenters. The van der Waals surface area contributed by atoms with E-state index in [9.17, 15) is 15.0 Å². The molecule has 1 heterocycles. The van der Waals surface area contributed by atoms with Gasteiger partial charge in [-0.25, -0.2) is 4.79 Å². The molecule has 0 radical (unpaired) electrons. The fraction of sp³-hybridized carbons (Fsp3) is 0.583. The van der Waals surface area contributed by atoms with Crippen molar-refractivity contribution in [2.75, 3.05) is 0 Å². The minimum absolute atomic E-state index is 0.145. The predicted octanol–water partition coefficient (Wildman–Crippen LogP) is 2.60. The third-order valence-corrected chi connectivity index (χ3v) is 4.17. The second-order valence-corrected chi connectivity index (χ2v) is 5.20. The van der Waals surface area contributed by atoms with Gasteiger partial charge in [0, 0.05) is 11.5 Å². The molecule has 1 aliphatic rings. The molecule has 2 N–H and O–H groups in total. The molecule has 4 heteroatoms. The van der Waals surface area contributed by atoms with Crippen LogP contribution in [0.5, 0.6) is 0 Å². The maximum absolute atomic E-state index is 11.4. The minimum atomic E-state index is -1.68. The Balaban J connectivity index is 2.31. The number of aliphatic hydroxyl groups is 1. The molecule has 0 aliphatic heterocycles. The van der Waals surface area contributed by atoms with E-state index in [0.29, 0.717) is 5.56 Å². The van der Waals surface area contributed by atoms with Gasteiger partial charge < -0.3 is 10.2 Å². The molecule has 88 valence electrons. The fourth-order valence-electron chi connectivity index (χ4n) is 2.54. The standard InChI is InChI=1S/C12H16O3S/c13-11(14)12(15,10-6-7-16-8-10)9-4-2-1-3-5-9/h6-9,15H,1-5H2,(H,13,14)/t12-/m0/s1. The van der Waals surface area contributed by atoms with E-state index in [-0.39, 0.29) is 5.92 Å². The summed E-state index contributed by atoms with van der Waals surface area (Å²) in [7, 11) is 0. The van der Waals surface area contributed by atoms with Gasteiger partial charge in [-0.1, -0.05) is 19.3 Å². The van der Waals surface area contributed by atoms with E-state index in [1.165, 1.54) is 11.3 Å². The van der Waals surface area contributed by atoms with E-state index in [4.69, 9.17) is 0 Å². The number of carbonyl (C=O) groups is 1. The van der Waals surface area contributed by atoms with Crippen LogP contribution in [0.3, 0.4) is 0 Å². The molecule has 1 fully saturated rings. The van der Waals surface area contributed by atoms with Gasteiger partial charge >= 0.3 is 5.97 Å². The molecule has 0 aromatic carbocycles. The number of hydrogen-bond donors (Lipinski definition) is 2. The zero-order chi connectivity index (χ0) is 11.6. The summed E-state index contributed by atoms with van der Waals surface area (Å²) in [4.78, 5) is 11.4. The highest BCUT2D eigenvalue weighted by Crippen LogP contribution is 2.40. The molecule has 1 aromatic heterocycles. The van der Waals surface area contributed by atoms with E-state index in [1.807, 2.05) is 5.38 Å². The first-order valence-corrected chi connectivity index (χ1v) is 6.58. The molecule has 16 heavy (non-hydrogen) atoms. The van der Waals surface area contributed by atoms with Gasteiger partial charge in [0.25, 0.3) is 0 Å². The maximum atomic E-state index is 11.4. The summed E-state index contributed by atoms with van der Waals surface area (Å²) < 4.78 is 0. The van der Waals surface area contributed by atoms with Gasteiger partial charge in [-0.3, -0.25) is 0 Å². The molecule has 0 saturated heterocycles. The summed E-state index contributed by atoms with van der Waals surface area (Å²) in [6, 6.07) is 1.72. The van der Waals surface area contributed by atoms with Crippen molar-refractivity contribution in [3.8, 4) is 0 Å². The lowest BCUT2D eigenvalue weighted by Gasteiger charge is -2.34. The molecule has 1 aliphatic carbocycles. The van der Waals surface area contributed by atoms with Crippen LogP contribution in [0.1, 0.15) is 37.7 Å². The minimum Gasteiger partial charge on any atom is -0.479 e. The highest BCUT2D eigenvalue weighted by Gasteiger charge is 2.46. The van der Waals surface area contributed by atoms with Gasteiger partial charge in [-0.15, -0.1) is 0 Å². The lowest BCUT2D eigenvalue weighted by atomic mass is 9.74. The van der Waals surface area contributed by atoms with Crippen molar-refractivity contribution in [2.24, 2.45) is 5.92 Å². The zero-order valence-electron chi connectivity index (χ0n) is 9.06. The van der Waals surface area contributed by atoms with Gasteiger partial charge in [0.2, 0.25) is 0 Å². The Labute approximate surface area is 98.7 Å². The van der Waals surface area contributed by atoms with E-state index in [1.54, 1.807) is 11.4 Å². The van der Waals surface area contributed by atoms with Crippen LogP contribution < -0.4 is 0 Å². The summed E-state index contributed by atoms with van der Waals surface area (Å²) in [5.74, 6) is -1.26. The van der Waals surface area contributed by atoms with Crippen molar-refractivity contribution in [3.05, 3.63) is 22.4 Å². The van der Waals surface area contributed by atoms with Crippen molar-refractivity contribution >= 4 is 17.3 Å². The van der Waals surface area contributed by atoms with Crippen LogP contribution >= 0.6 is 11.3 Å². The molecule has 1 saturated carbocycles. The summed E-state index contributed by atoms with van der Waals surface area (Å²) in [5.41, 5.74) is -1.14. The van der Waals surface area contributed by atoms with Gasteiger partial charge in [0.05, 0.1) is 0 Å². The van der Waals surface area contributed by atoms with Gasteiger partial charge in [0.15, 0.2) is 5.60 Å². The van der Waals surface area contributed by atoms with Crippen LogP contribution in [-0.4, -0.2) is 16.2 Å². The predicted molar refractivity (Wildman–Crippen MR) is 62.4 cm³/mol. The van der Waals surface area contributed by atoms with Crippen LogP contribution in [0.25, 0.3) is 0 Å². The Morgan fingerprint density at radius 1 is 1.38 bits per heavy atom. The topological polar surface area (TPSA) is 57.5 Å². The first-order valence-electron chi connectivity index (χ1n) is 5.64. The molecule has 3 nitrogen and oxygen atoms in total. The number of hydrogen-bond acceptors (Lipinski definition) is 3. The largest absolute Gasteiger partial charge is 0.479 e. The van der Waals surface area contributed by atoms with E-state index < -0.39 is 11.6 Å². The Morgan fingerprint density at radius 2 is 2.06 bits per heavy atom. The normalized spacial score (nSPS) is 21.6. The highest BCUT2D eigenvalue weighted by molar-refractivity contribution is 7.08. The molecular formula is C12H16O3S. The summed E-state index contributed by atoms with van der Waals surface area (Å²) in [6.45, 7) is 0. The van der Waals surface area contributed by atoms with Crippen molar-refractivity contribution in [1.82, 2.24) is 0 Å². The quantitative estimate of drug-likeness (QED) is 0.853. The van der Waals surface area contributed by atoms with E-state index in [0.717, 1.165) is 32.1 Å². The van der Waals surface area contributed by atoms with Crippen LogP contribution in [0, 0.1) is 5.92 Å². The lowest BCUT2D eigenvalue weighted by Crippen LogP contribution is -2.43. The number of rotatable bonds is 3. The average Bonchev–Trinajstić information content (AvgIpc) is 2.82. The van der Waals surface area contributed by atoms with Crippen LogP contribution in [0.2, 0.25) is 0 Å². The van der Waals surface area contributed by atoms with Gasteiger partial charge in [-0.2, -0.15) is 11.3 Å². The third-order valence-electron chi connectivity index (χ3n) is 3.48.